The highest BCUT2D eigenvalue weighted by Gasteiger charge is 2.23. The van der Waals surface area contributed by atoms with Gasteiger partial charge in [-0.05, 0) is 39.0 Å². The first-order valence-corrected chi connectivity index (χ1v) is 6.16. The lowest BCUT2D eigenvalue weighted by atomic mass is 10.1. The summed E-state index contributed by atoms with van der Waals surface area (Å²) in [4.78, 5) is 11.9. The Kier molecular flexibility index (Phi) is 4.99. The van der Waals surface area contributed by atoms with Crippen LogP contribution in [0.25, 0.3) is 0 Å². The topological polar surface area (TPSA) is 64.3 Å². The molecular weight excluding hydrogens is 252 g/mol. The average Bonchev–Trinajstić information content (AvgIpc) is 2.28. The van der Waals surface area contributed by atoms with E-state index in [1.54, 1.807) is 31.2 Å². The minimum absolute atomic E-state index is 0.203. The van der Waals surface area contributed by atoms with Crippen LogP contribution in [0, 0.1) is 0 Å². The Labute approximate surface area is 112 Å². The molecule has 0 aliphatic heterocycles. The van der Waals surface area contributed by atoms with E-state index in [-0.39, 0.29) is 5.91 Å². The van der Waals surface area contributed by atoms with Gasteiger partial charge in [0.25, 0.3) is 5.91 Å². The van der Waals surface area contributed by atoms with Crippen molar-refractivity contribution in [2.75, 3.05) is 6.54 Å². The van der Waals surface area contributed by atoms with Crippen molar-refractivity contribution in [1.29, 1.82) is 0 Å². The summed E-state index contributed by atoms with van der Waals surface area (Å²) >= 11 is 5.84. The minimum Gasteiger partial charge on any atom is -0.481 e. The Morgan fingerprint density at radius 3 is 2.78 bits per heavy atom. The number of nitrogens with one attached hydrogen (secondary N) is 1. The number of carbonyl (C=O) groups excluding carboxylic acids is 1. The van der Waals surface area contributed by atoms with Crippen molar-refractivity contribution in [3.05, 3.63) is 29.3 Å². The number of benzene rings is 1. The van der Waals surface area contributed by atoms with Gasteiger partial charge in [0.15, 0.2) is 6.10 Å². The fraction of sp³-hybridized carbons (Fsp3) is 0.462. The summed E-state index contributed by atoms with van der Waals surface area (Å²) < 4.78 is 5.51. The minimum atomic E-state index is -0.603. The third-order valence-electron chi connectivity index (χ3n) is 2.45. The van der Waals surface area contributed by atoms with Gasteiger partial charge < -0.3 is 15.8 Å². The normalized spacial score (nSPS) is 12.9. The number of hydrogen-bond donors (Lipinski definition) is 2. The predicted molar refractivity (Wildman–Crippen MR) is 72.8 cm³/mol. The zero-order chi connectivity index (χ0) is 13.8. The van der Waals surface area contributed by atoms with Crippen LogP contribution in [-0.4, -0.2) is 24.1 Å². The molecule has 1 unspecified atom stereocenters. The van der Waals surface area contributed by atoms with Crippen LogP contribution in [0.5, 0.6) is 5.75 Å². The van der Waals surface area contributed by atoms with Crippen molar-refractivity contribution in [2.45, 2.75) is 32.4 Å². The Hall–Kier alpha value is -1.26. The molecule has 0 aliphatic carbocycles. The van der Waals surface area contributed by atoms with E-state index < -0.39 is 11.6 Å². The van der Waals surface area contributed by atoms with Gasteiger partial charge in [-0.15, -0.1) is 0 Å². The summed E-state index contributed by atoms with van der Waals surface area (Å²) in [5.41, 5.74) is 5.11. The second-order valence-corrected chi connectivity index (χ2v) is 5.23. The van der Waals surface area contributed by atoms with E-state index in [1.165, 1.54) is 0 Å². The smallest absolute Gasteiger partial charge is 0.261 e. The molecule has 1 atom stereocenters. The molecule has 0 radical (unpaired) electrons. The maximum Gasteiger partial charge on any atom is 0.261 e. The predicted octanol–water partition coefficient (Wildman–Crippen LogP) is 1.96. The zero-order valence-electron chi connectivity index (χ0n) is 10.9. The number of ether oxygens (including phenoxy) is 1. The van der Waals surface area contributed by atoms with Gasteiger partial charge >= 0.3 is 0 Å². The fourth-order valence-corrected chi connectivity index (χ4v) is 1.46. The van der Waals surface area contributed by atoms with Crippen molar-refractivity contribution in [3.63, 3.8) is 0 Å². The molecule has 0 saturated heterocycles. The highest BCUT2D eigenvalue weighted by atomic mass is 35.5. The molecule has 0 bridgehead atoms. The Morgan fingerprint density at radius 1 is 1.56 bits per heavy atom. The van der Waals surface area contributed by atoms with E-state index in [2.05, 4.69) is 5.32 Å². The second-order valence-electron chi connectivity index (χ2n) is 4.79. The third kappa shape index (κ3) is 4.55. The maximum atomic E-state index is 11.9. The molecule has 3 N–H and O–H groups in total. The summed E-state index contributed by atoms with van der Waals surface area (Å²) in [6, 6.07) is 6.94. The van der Waals surface area contributed by atoms with Crippen LogP contribution >= 0.6 is 11.6 Å². The summed E-state index contributed by atoms with van der Waals surface area (Å²) in [6.45, 7) is 5.76. The monoisotopic (exact) mass is 270 g/mol. The Morgan fingerprint density at radius 2 is 2.22 bits per heavy atom. The highest BCUT2D eigenvalue weighted by Crippen LogP contribution is 2.18. The second kappa shape index (κ2) is 6.07. The zero-order valence-corrected chi connectivity index (χ0v) is 11.6. The van der Waals surface area contributed by atoms with Crippen molar-refractivity contribution >= 4 is 17.5 Å². The molecule has 1 rings (SSSR count). The molecule has 4 nitrogen and oxygen atoms in total. The van der Waals surface area contributed by atoms with Crippen molar-refractivity contribution < 1.29 is 9.53 Å². The van der Waals surface area contributed by atoms with Gasteiger partial charge in [-0.2, -0.15) is 0 Å². The Bertz CT molecular complexity index is 421. The van der Waals surface area contributed by atoms with Crippen LogP contribution in [0.1, 0.15) is 20.8 Å². The molecule has 5 heteroatoms. The fourth-order valence-electron chi connectivity index (χ4n) is 1.28. The van der Waals surface area contributed by atoms with Gasteiger partial charge in [0.1, 0.15) is 5.75 Å². The van der Waals surface area contributed by atoms with Crippen LogP contribution in [0.3, 0.4) is 0 Å². The standard InChI is InChI=1S/C13H19ClN2O2/c1-9(12(17)16-13(2,3)8-15)18-11-6-4-5-10(14)7-11/h4-7,9H,8,15H2,1-3H3,(H,16,17). The molecule has 0 fully saturated rings. The van der Waals surface area contributed by atoms with Crippen LogP contribution < -0.4 is 15.8 Å². The lowest BCUT2D eigenvalue weighted by molar-refractivity contribution is -0.128. The number of amides is 1. The van der Waals surface area contributed by atoms with Gasteiger partial charge in [-0.3, -0.25) is 4.79 Å². The summed E-state index contributed by atoms with van der Waals surface area (Å²) in [6.07, 6.45) is -0.603. The van der Waals surface area contributed by atoms with E-state index in [9.17, 15) is 4.79 Å². The number of carbonyl (C=O) groups is 1. The molecule has 0 spiro atoms. The summed E-state index contributed by atoms with van der Waals surface area (Å²) in [7, 11) is 0. The van der Waals surface area contributed by atoms with Crippen molar-refractivity contribution in [2.24, 2.45) is 5.73 Å². The van der Waals surface area contributed by atoms with E-state index in [0.29, 0.717) is 17.3 Å². The number of rotatable bonds is 5. The molecular formula is C13H19ClN2O2. The third-order valence-corrected chi connectivity index (χ3v) is 2.69. The maximum absolute atomic E-state index is 11.9. The van der Waals surface area contributed by atoms with Crippen LogP contribution in [0.2, 0.25) is 5.02 Å². The lowest BCUT2D eigenvalue weighted by Crippen LogP contribution is -2.52. The van der Waals surface area contributed by atoms with Gasteiger partial charge in [0, 0.05) is 17.1 Å². The molecule has 0 aromatic heterocycles. The number of nitrogens with two attached hydrogens (primary N) is 1. The average molecular weight is 271 g/mol. The van der Waals surface area contributed by atoms with E-state index in [4.69, 9.17) is 22.1 Å². The number of halogens is 1. The van der Waals surface area contributed by atoms with Crippen LogP contribution in [-0.2, 0) is 4.79 Å². The molecule has 1 aromatic carbocycles. The first-order chi connectivity index (χ1) is 8.34. The molecule has 1 amide bonds. The van der Waals surface area contributed by atoms with Crippen molar-refractivity contribution in [3.8, 4) is 5.75 Å². The SMILES string of the molecule is CC(Oc1cccc(Cl)c1)C(=O)NC(C)(C)CN. The lowest BCUT2D eigenvalue weighted by Gasteiger charge is -2.26. The highest BCUT2D eigenvalue weighted by molar-refractivity contribution is 6.30. The molecule has 100 valence electrons. The van der Waals surface area contributed by atoms with Gasteiger partial charge in [0.2, 0.25) is 0 Å². The van der Waals surface area contributed by atoms with Crippen LogP contribution in [0.4, 0.5) is 0 Å². The van der Waals surface area contributed by atoms with E-state index in [0.717, 1.165) is 0 Å². The van der Waals surface area contributed by atoms with E-state index >= 15 is 0 Å². The van der Waals surface area contributed by atoms with E-state index in [1.807, 2.05) is 13.8 Å². The molecule has 1 aromatic rings. The first kappa shape index (κ1) is 14.8. The number of hydrogen-bond acceptors (Lipinski definition) is 3. The Balaban J connectivity index is 2.60. The summed E-state index contributed by atoms with van der Waals surface area (Å²) in [5.74, 6) is 0.362. The molecule has 18 heavy (non-hydrogen) atoms. The van der Waals surface area contributed by atoms with Gasteiger partial charge in [0.05, 0.1) is 0 Å². The van der Waals surface area contributed by atoms with Crippen LogP contribution in [0.15, 0.2) is 24.3 Å². The molecule has 0 heterocycles. The molecule has 0 aliphatic rings. The van der Waals surface area contributed by atoms with Crippen molar-refractivity contribution in [1.82, 2.24) is 5.32 Å². The largest absolute Gasteiger partial charge is 0.481 e. The quantitative estimate of drug-likeness (QED) is 0.860. The molecule has 0 saturated carbocycles. The van der Waals surface area contributed by atoms with Gasteiger partial charge in [-0.1, -0.05) is 17.7 Å². The van der Waals surface area contributed by atoms with Gasteiger partial charge in [-0.25, -0.2) is 0 Å². The first-order valence-electron chi connectivity index (χ1n) is 5.78. The summed E-state index contributed by atoms with van der Waals surface area (Å²) in [5, 5.41) is 3.39.